The van der Waals surface area contributed by atoms with Crippen LogP contribution in [-0.4, -0.2) is 21.8 Å². The molecule has 0 spiro atoms. The number of hydrogen-bond donors (Lipinski definition) is 0. The van der Waals surface area contributed by atoms with Gasteiger partial charge in [-0.15, -0.1) is 0 Å². The second-order valence-corrected chi connectivity index (χ2v) is 3.44. The van der Waals surface area contributed by atoms with Gasteiger partial charge in [0.05, 0.1) is 0 Å². The second kappa shape index (κ2) is 2.81. The molecule has 2 aromatic rings. The molecule has 0 saturated carbocycles. The molecule has 0 bridgehead atoms. The van der Waals surface area contributed by atoms with Gasteiger partial charge in [0.2, 0.25) is 0 Å². The van der Waals surface area contributed by atoms with Gasteiger partial charge in [-0.3, -0.25) is 0 Å². The first-order chi connectivity index (χ1) is 5.36. The second-order valence-electron chi connectivity index (χ2n) is 2.29. The number of para-hydroxylation sites is 1. The summed E-state index contributed by atoms with van der Waals surface area (Å²) in [7, 11) is 0. The Balaban J connectivity index is 2.94. The van der Waals surface area contributed by atoms with Crippen LogP contribution in [0.15, 0.2) is 40.8 Å². The van der Waals surface area contributed by atoms with Gasteiger partial charge in [-0.05, 0) is 0 Å². The maximum atomic E-state index is 5.47. The van der Waals surface area contributed by atoms with Crippen molar-refractivity contribution in [2.45, 2.75) is 0 Å². The van der Waals surface area contributed by atoms with Gasteiger partial charge < -0.3 is 0 Å². The zero-order valence-electron chi connectivity index (χ0n) is 5.78. The molecule has 0 saturated heterocycles. The summed E-state index contributed by atoms with van der Waals surface area (Å²) in [6, 6.07) is 12.0. The van der Waals surface area contributed by atoms with Crippen molar-refractivity contribution in [2.75, 3.05) is 0 Å². The molecule has 0 unspecified atom stereocenters. The van der Waals surface area contributed by atoms with E-state index in [0.717, 1.165) is 14.4 Å². The number of fused-ring (bicyclic) bond motifs is 1. The summed E-state index contributed by atoms with van der Waals surface area (Å²) in [6.45, 7) is 0. The summed E-state index contributed by atoms with van der Waals surface area (Å²) >= 11 is 1.88. The molecule has 0 aliphatic carbocycles. The standard InChI is InChI=1S/C9H6OTe/c11-9-6-5-7-3-1-2-4-8(7)10-9/h1-6H. The minimum absolute atomic E-state index is 0.954. The van der Waals surface area contributed by atoms with Crippen molar-refractivity contribution >= 4 is 32.8 Å². The van der Waals surface area contributed by atoms with E-state index in [0.29, 0.717) is 0 Å². The van der Waals surface area contributed by atoms with E-state index < -0.39 is 0 Å². The maximum absolute atomic E-state index is 5.47. The third kappa shape index (κ3) is 1.38. The summed E-state index contributed by atoms with van der Waals surface area (Å²) in [6.07, 6.45) is 0. The molecule has 11 heavy (non-hydrogen) atoms. The van der Waals surface area contributed by atoms with Crippen LogP contribution in [0.5, 0.6) is 0 Å². The van der Waals surface area contributed by atoms with Gasteiger partial charge in [-0.2, -0.15) is 0 Å². The first-order valence-corrected chi connectivity index (χ1v) is 4.52. The SMILES string of the molecule is [Te]=c1ccc2ccccc2o1. The molecule has 1 aromatic carbocycles. The molecule has 0 amide bonds. The van der Waals surface area contributed by atoms with Crippen LogP contribution in [0.4, 0.5) is 0 Å². The van der Waals surface area contributed by atoms with E-state index in [-0.39, 0.29) is 0 Å². The van der Waals surface area contributed by atoms with Crippen molar-refractivity contribution in [3.63, 3.8) is 0 Å². The number of benzene rings is 1. The molecule has 1 aromatic heterocycles. The molecular weight excluding hydrogens is 252 g/mol. The van der Waals surface area contributed by atoms with E-state index in [1.165, 1.54) is 0 Å². The fourth-order valence-corrected chi connectivity index (χ4v) is 1.46. The summed E-state index contributed by atoms with van der Waals surface area (Å²) in [5.41, 5.74) is 0.954. The van der Waals surface area contributed by atoms with E-state index in [1.54, 1.807) is 0 Å². The molecule has 2 rings (SSSR count). The van der Waals surface area contributed by atoms with Crippen LogP contribution in [-0.2, 0) is 0 Å². The molecule has 2 heteroatoms. The zero-order chi connectivity index (χ0) is 7.68. The fraction of sp³-hybridized carbons (Fsp3) is 0. The summed E-state index contributed by atoms with van der Waals surface area (Å²) < 4.78 is 6.42. The predicted molar refractivity (Wildman–Crippen MR) is 45.2 cm³/mol. The Kier molecular flexibility index (Phi) is 1.81. The monoisotopic (exact) mass is 260 g/mol. The van der Waals surface area contributed by atoms with Crippen LogP contribution in [0.25, 0.3) is 11.0 Å². The van der Waals surface area contributed by atoms with Crippen LogP contribution in [0.1, 0.15) is 0 Å². The van der Waals surface area contributed by atoms with Gasteiger partial charge in [0.1, 0.15) is 0 Å². The Labute approximate surface area is 77.1 Å². The molecule has 54 valence electrons. The fourth-order valence-electron chi connectivity index (χ4n) is 1.01. The van der Waals surface area contributed by atoms with E-state index in [1.807, 2.05) is 52.2 Å². The molecule has 0 atom stereocenters. The number of rotatable bonds is 0. The molecular formula is C9H6OTe. The Morgan fingerprint density at radius 3 is 2.73 bits per heavy atom. The summed E-state index contributed by atoms with van der Waals surface area (Å²) in [5.74, 6) is 0. The number of hydrogen-bond acceptors (Lipinski definition) is 1. The van der Waals surface area contributed by atoms with Crippen LogP contribution < -0.4 is 0 Å². The van der Waals surface area contributed by atoms with Crippen LogP contribution >= 0.6 is 0 Å². The molecule has 0 radical (unpaired) electrons. The van der Waals surface area contributed by atoms with Crippen LogP contribution in [0.2, 0.25) is 0 Å². The molecule has 0 fully saturated rings. The van der Waals surface area contributed by atoms with E-state index in [9.17, 15) is 0 Å². The van der Waals surface area contributed by atoms with Crippen molar-refractivity contribution in [3.8, 4) is 0 Å². The molecule has 0 aliphatic heterocycles. The van der Waals surface area contributed by atoms with Crippen molar-refractivity contribution < 1.29 is 4.42 Å². The van der Waals surface area contributed by atoms with Gasteiger partial charge in [-0.25, -0.2) is 0 Å². The average Bonchev–Trinajstić information content (AvgIpc) is 2.04. The average molecular weight is 258 g/mol. The molecule has 0 N–H and O–H groups in total. The van der Waals surface area contributed by atoms with Crippen LogP contribution in [0.3, 0.4) is 0 Å². The van der Waals surface area contributed by atoms with Gasteiger partial charge in [0, 0.05) is 0 Å². The van der Waals surface area contributed by atoms with Crippen LogP contribution in [0, 0.1) is 3.39 Å². The summed E-state index contributed by atoms with van der Waals surface area (Å²) in [5, 5.41) is 1.15. The predicted octanol–water partition coefficient (Wildman–Crippen LogP) is 2.13. The molecule has 1 heterocycles. The van der Waals surface area contributed by atoms with E-state index in [4.69, 9.17) is 4.42 Å². The molecule has 0 aliphatic rings. The van der Waals surface area contributed by atoms with Gasteiger partial charge in [0.25, 0.3) is 0 Å². The van der Waals surface area contributed by atoms with Crippen molar-refractivity contribution in [1.29, 1.82) is 0 Å². The normalized spacial score (nSPS) is 10.2. The van der Waals surface area contributed by atoms with Gasteiger partial charge in [0.15, 0.2) is 0 Å². The first kappa shape index (κ1) is 7.09. The topological polar surface area (TPSA) is 13.1 Å². The quantitative estimate of drug-likeness (QED) is 0.659. The Morgan fingerprint density at radius 1 is 1.00 bits per heavy atom. The van der Waals surface area contributed by atoms with Crippen molar-refractivity contribution in [2.24, 2.45) is 0 Å². The van der Waals surface area contributed by atoms with E-state index in [2.05, 4.69) is 6.07 Å². The van der Waals surface area contributed by atoms with Crippen molar-refractivity contribution in [3.05, 3.63) is 39.8 Å². The summed E-state index contributed by atoms with van der Waals surface area (Å²) in [4.78, 5) is 0. The third-order valence-electron chi connectivity index (χ3n) is 1.53. The Bertz CT molecular complexity index is 431. The van der Waals surface area contributed by atoms with E-state index >= 15 is 0 Å². The third-order valence-corrected chi connectivity index (χ3v) is 2.15. The van der Waals surface area contributed by atoms with Gasteiger partial charge in [-0.1, -0.05) is 0 Å². The zero-order valence-corrected chi connectivity index (χ0v) is 8.11. The van der Waals surface area contributed by atoms with Crippen molar-refractivity contribution in [1.82, 2.24) is 0 Å². The molecule has 1 nitrogen and oxygen atoms in total. The first-order valence-electron chi connectivity index (χ1n) is 3.35. The minimum atomic E-state index is 0.954. The van der Waals surface area contributed by atoms with Gasteiger partial charge >= 0.3 is 77.0 Å². The Hall–Kier alpha value is -0.580. The Morgan fingerprint density at radius 2 is 1.82 bits per heavy atom.